The molecule has 1 aromatic rings. The largest absolute Gasteiger partial charge is 0.491 e. The summed E-state index contributed by atoms with van der Waals surface area (Å²) < 4.78 is 11.3. The van der Waals surface area contributed by atoms with Crippen LogP contribution in [0.15, 0.2) is 18.5 Å². The van der Waals surface area contributed by atoms with E-state index in [4.69, 9.17) is 9.47 Å². The van der Waals surface area contributed by atoms with Gasteiger partial charge < -0.3 is 14.8 Å². The molecule has 0 aliphatic heterocycles. The van der Waals surface area contributed by atoms with E-state index >= 15 is 0 Å². The van der Waals surface area contributed by atoms with Gasteiger partial charge in [-0.1, -0.05) is 27.7 Å². The third kappa shape index (κ3) is 7.46. The van der Waals surface area contributed by atoms with Gasteiger partial charge in [-0.15, -0.1) is 0 Å². The highest BCUT2D eigenvalue weighted by Gasteiger charge is 2.04. The second kappa shape index (κ2) is 9.72. The van der Waals surface area contributed by atoms with Crippen LogP contribution in [0.1, 0.15) is 33.3 Å². The summed E-state index contributed by atoms with van der Waals surface area (Å²) in [5.41, 5.74) is 1.09. The molecule has 0 fully saturated rings. The number of pyridine rings is 1. The van der Waals surface area contributed by atoms with Crippen molar-refractivity contribution in [2.75, 3.05) is 26.4 Å². The van der Waals surface area contributed by atoms with E-state index in [-0.39, 0.29) is 0 Å². The molecule has 1 heterocycles. The van der Waals surface area contributed by atoms with Crippen LogP contribution in [0.2, 0.25) is 0 Å². The molecule has 0 unspecified atom stereocenters. The second-order valence-electron chi connectivity index (χ2n) is 5.83. The third-order valence-electron chi connectivity index (χ3n) is 2.66. The van der Waals surface area contributed by atoms with E-state index in [2.05, 4.69) is 38.0 Å². The van der Waals surface area contributed by atoms with Crippen molar-refractivity contribution in [2.24, 2.45) is 11.8 Å². The Bertz CT molecular complexity index is 367. The number of rotatable bonds is 10. The van der Waals surface area contributed by atoms with Crippen LogP contribution in [0.25, 0.3) is 0 Å². The predicted octanol–water partition coefficient (Wildman–Crippen LogP) is 2.88. The molecule has 114 valence electrons. The van der Waals surface area contributed by atoms with Crippen molar-refractivity contribution in [1.82, 2.24) is 10.3 Å². The second-order valence-corrected chi connectivity index (χ2v) is 5.83. The quantitative estimate of drug-likeness (QED) is 0.669. The average Bonchev–Trinajstić information content (AvgIpc) is 2.39. The zero-order valence-corrected chi connectivity index (χ0v) is 13.2. The Balaban J connectivity index is 2.33. The van der Waals surface area contributed by atoms with E-state index in [9.17, 15) is 0 Å². The fraction of sp³-hybridized carbons (Fsp3) is 0.688. The van der Waals surface area contributed by atoms with E-state index in [1.807, 2.05) is 12.3 Å². The lowest BCUT2D eigenvalue weighted by Gasteiger charge is -2.13. The summed E-state index contributed by atoms with van der Waals surface area (Å²) in [6.45, 7) is 12.4. The van der Waals surface area contributed by atoms with Gasteiger partial charge in [-0.3, -0.25) is 4.98 Å². The molecule has 0 aliphatic carbocycles. The summed E-state index contributed by atoms with van der Waals surface area (Å²) in [6, 6.07) is 1.91. The Morgan fingerprint density at radius 2 is 1.95 bits per heavy atom. The highest BCUT2D eigenvalue weighted by atomic mass is 16.5. The standard InChI is InChI=1S/C16H28N2O2/c1-13(2)9-18-11-15-10-17-6-5-16(15)20-8-7-19-12-14(3)4/h5-6,10,13-14,18H,7-9,11-12H2,1-4H3. The van der Waals surface area contributed by atoms with Crippen molar-refractivity contribution in [3.8, 4) is 5.75 Å². The zero-order chi connectivity index (χ0) is 14.8. The van der Waals surface area contributed by atoms with Crippen LogP contribution in [-0.4, -0.2) is 31.3 Å². The molecule has 0 radical (unpaired) electrons. The molecule has 0 saturated heterocycles. The van der Waals surface area contributed by atoms with Crippen LogP contribution >= 0.6 is 0 Å². The summed E-state index contributed by atoms with van der Waals surface area (Å²) in [5.74, 6) is 2.09. The van der Waals surface area contributed by atoms with Crippen molar-refractivity contribution in [3.05, 3.63) is 24.0 Å². The van der Waals surface area contributed by atoms with Crippen molar-refractivity contribution in [3.63, 3.8) is 0 Å². The topological polar surface area (TPSA) is 43.4 Å². The van der Waals surface area contributed by atoms with Gasteiger partial charge in [0.05, 0.1) is 6.61 Å². The van der Waals surface area contributed by atoms with Gasteiger partial charge in [-0.05, 0) is 24.4 Å². The van der Waals surface area contributed by atoms with E-state index in [1.54, 1.807) is 6.20 Å². The molecule has 0 aliphatic rings. The number of ether oxygens (including phenoxy) is 2. The zero-order valence-electron chi connectivity index (χ0n) is 13.2. The average molecular weight is 280 g/mol. The number of hydrogen-bond acceptors (Lipinski definition) is 4. The van der Waals surface area contributed by atoms with E-state index in [0.29, 0.717) is 25.0 Å². The van der Waals surface area contributed by atoms with Crippen molar-refractivity contribution < 1.29 is 9.47 Å². The molecule has 4 heteroatoms. The van der Waals surface area contributed by atoms with Crippen LogP contribution in [0.4, 0.5) is 0 Å². The molecule has 0 aromatic carbocycles. The van der Waals surface area contributed by atoms with Crippen LogP contribution in [-0.2, 0) is 11.3 Å². The lowest BCUT2D eigenvalue weighted by atomic mass is 10.2. The Labute approximate surface area is 122 Å². The Morgan fingerprint density at radius 3 is 2.65 bits per heavy atom. The maximum atomic E-state index is 5.77. The van der Waals surface area contributed by atoms with Crippen LogP contribution in [0.3, 0.4) is 0 Å². The number of hydrogen-bond donors (Lipinski definition) is 1. The summed E-state index contributed by atoms with van der Waals surface area (Å²) in [6.07, 6.45) is 3.62. The maximum absolute atomic E-state index is 5.77. The molecule has 1 N–H and O–H groups in total. The first-order valence-electron chi connectivity index (χ1n) is 7.43. The monoisotopic (exact) mass is 280 g/mol. The van der Waals surface area contributed by atoms with Gasteiger partial charge in [0.1, 0.15) is 12.4 Å². The fourth-order valence-corrected chi connectivity index (χ4v) is 1.71. The predicted molar refractivity (Wildman–Crippen MR) is 81.9 cm³/mol. The highest BCUT2D eigenvalue weighted by molar-refractivity contribution is 5.29. The Morgan fingerprint density at radius 1 is 1.15 bits per heavy atom. The van der Waals surface area contributed by atoms with Gasteiger partial charge in [0, 0.05) is 31.1 Å². The number of nitrogens with one attached hydrogen (secondary N) is 1. The summed E-state index contributed by atoms with van der Waals surface area (Å²) in [7, 11) is 0. The minimum absolute atomic E-state index is 0.562. The fourth-order valence-electron chi connectivity index (χ4n) is 1.71. The van der Waals surface area contributed by atoms with Gasteiger partial charge in [-0.25, -0.2) is 0 Å². The van der Waals surface area contributed by atoms with E-state index in [0.717, 1.165) is 31.0 Å². The normalized spacial score (nSPS) is 11.3. The molecule has 1 aromatic heterocycles. The number of nitrogens with zero attached hydrogens (tertiary/aromatic N) is 1. The molecule has 4 nitrogen and oxygen atoms in total. The lowest BCUT2D eigenvalue weighted by molar-refractivity contribution is 0.0815. The molecule has 20 heavy (non-hydrogen) atoms. The molecule has 0 saturated carbocycles. The first-order valence-corrected chi connectivity index (χ1v) is 7.43. The summed E-state index contributed by atoms with van der Waals surface area (Å²) in [4.78, 5) is 4.16. The van der Waals surface area contributed by atoms with Crippen LogP contribution in [0, 0.1) is 11.8 Å². The van der Waals surface area contributed by atoms with Crippen LogP contribution < -0.4 is 10.1 Å². The highest BCUT2D eigenvalue weighted by Crippen LogP contribution is 2.16. The maximum Gasteiger partial charge on any atom is 0.126 e. The molecule has 0 bridgehead atoms. The van der Waals surface area contributed by atoms with Crippen molar-refractivity contribution in [1.29, 1.82) is 0 Å². The van der Waals surface area contributed by atoms with E-state index in [1.165, 1.54) is 0 Å². The van der Waals surface area contributed by atoms with E-state index < -0.39 is 0 Å². The first-order chi connectivity index (χ1) is 9.59. The summed E-state index contributed by atoms with van der Waals surface area (Å²) >= 11 is 0. The Hall–Kier alpha value is -1.13. The SMILES string of the molecule is CC(C)CNCc1cnccc1OCCOCC(C)C. The first kappa shape index (κ1) is 16.9. The minimum Gasteiger partial charge on any atom is -0.491 e. The van der Waals surface area contributed by atoms with Gasteiger partial charge in [0.15, 0.2) is 0 Å². The molecular formula is C16H28N2O2. The molecule has 0 atom stereocenters. The van der Waals surface area contributed by atoms with Crippen molar-refractivity contribution >= 4 is 0 Å². The molecule has 0 amide bonds. The smallest absolute Gasteiger partial charge is 0.126 e. The van der Waals surface area contributed by atoms with Gasteiger partial charge >= 0.3 is 0 Å². The number of aromatic nitrogens is 1. The van der Waals surface area contributed by atoms with Crippen LogP contribution in [0.5, 0.6) is 5.75 Å². The molecule has 1 rings (SSSR count). The van der Waals surface area contributed by atoms with Crippen molar-refractivity contribution in [2.45, 2.75) is 34.2 Å². The third-order valence-corrected chi connectivity index (χ3v) is 2.66. The molecule has 0 spiro atoms. The summed E-state index contributed by atoms with van der Waals surface area (Å²) in [5, 5.41) is 3.41. The molecular weight excluding hydrogens is 252 g/mol. The van der Waals surface area contributed by atoms with Gasteiger partial charge in [0.25, 0.3) is 0 Å². The Kier molecular flexibility index (Phi) is 8.23. The van der Waals surface area contributed by atoms with Gasteiger partial charge in [0.2, 0.25) is 0 Å². The minimum atomic E-state index is 0.562. The van der Waals surface area contributed by atoms with Gasteiger partial charge in [-0.2, -0.15) is 0 Å². The lowest BCUT2D eigenvalue weighted by Crippen LogP contribution is -2.20.